The molecule has 2 aromatic rings. The number of ether oxygens (including phenoxy) is 1. The number of carbonyl (C=O) groups is 3. The quantitative estimate of drug-likeness (QED) is 0.793. The average molecular weight is 392 g/mol. The van der Waals surface area contributed by atoms with Gasteiger partial charge in [0.1, 0.15) is 12.3 Å². The number of amides is 3. The zero-order valence-corrected chi connectivity index (χ0v) is 14.7. The molecule has 0 bridgehead atoms. The maximum absolute atomic E-state index is 12.7. The molecule has 0 saturated carbocycles. The molecule has 1 aliphatic rings. The second kappa shape index (κ2) is 7.34. The number of anilines is 1. The molecule has 0 atom stereocenters. The molecule has 0 spiro atoms. The summed E-state index contributed by atoms with van der Waals surface area (Å²) in [6, 6.07) is 9.89. The van der Waals surface area contributed by atoms with E-state index in [1.807, 2.05) is 6.92 Å². The van der Waals surface area contributed by atoms with E-state index in [-0.39, 0.29) is 16.7 Å². The molecule has 2 aromatic carbocycles. The van der Waals surface area contributed by atoms with E-state index in [4.69, 9.17) is 4.74 Å². The van der Waals surface area contributed by atoms with Crippen molar-refractivity contribution in [3.05, 3.63) is 59.2 Å². The van der Waals surface area contributed by atoms with Gasteiger partial charge in [0, 0.05) is 5.56 Å². The Labute approximate surface area is 157 Å². The van der Waals surface area contributed by atoms with Crippen LogP contribution in [0.4, 0.5) is 18.9 Å². The van der Waals surface area contributed by atoms with Gasteiger partial charge in [-0.1, -0.05) is 0 Å². The number of rotatable bonds is 5. The van der Waals surface area contributed by atoms with Gasteiger partial charge in [0.2, 0.25) is 0 Å². The summed E-state index contributed by atoms with van der Waals surface area (Å²) in [5, 5.41) is 1.73. The fraction of sp³-hybridized carbons (Fsp3) is 0.211. The van der Waals surface area contributed by atoms with Crippen LogP contribution in [-0.2, 0) is 0 Å². The molecule has 1 aliphatic heterocycles. The van der Waals surface area contributed by atoms with Crippen LogP contribution in [0.3, 0.4) is 0 Å². The first-order valence-electron chi connectivity index (χ1n) is 8.32. The molecule has 0 aromatic heterocycles. The van der Waals surface area contributed by atoms with Crippen LogP contribution in [0.1, 0.15) is 38.0 Å². The fourth-order valence-electron chi connectivity index (χ4n) is 2.76. The highest BCUT2D eigenvalue weighted by atomic mass is 19.4. The number of imide groups is 1. The molecule has 9 heteroatoms. The van der Waals surface area contributed by atoms with Crippen LogP contribution in [0.5, 0.6) is 5.75 Å². The van der Waals surface area contributed by atoms with Gasteiger partial charge in [0.15, 0.2) is 0 Å². The maximum Gasteiger partial charge on any atom is 0.405 e. The minimum absolute atomic E-state index is 0.0430. The van der Waals surface area contributed by atoms with Gasteiger partial charge in [0.25, 0.3) is 17.7 Å². The third-order valence-electron chi connectivity index (χ3n) is 4.00. The summed E-state index contributed by atoms with van der Waals surface area (Å²) < 4.78 is 42.1. The smallest absolute Gasteiger partial charge is 0.405 e. The lowest BCUT2D eigenvalue weighted by Crippen LogP contribution is -2.33. The number of fused-ring (bicyclic) bond motifs is 1. The Kier molecular flexibility index (Phi) is 5.08. The summed E-state index contributed by atoms with van der Waals surface area (Å²) in [4.78, 5) is 38.1. The molecule has 0 unspecified atom stereocenters. The summed E-state index contributed by atoms with van der Waals surface area (Å²) in [6.07, 6.45) is -4.55. The molecular formula is C19H15F3N2O4. The highest BCUT2D eigenvalue weighted by Crippen LogP contribution is 2.30. The standard InChI is InChI=1S/C19H15F3N2O4/c1-2-28-13-6-4-12(5-7-13)24-17(26)14-8-3-11(9-15(14)18(24)27)16(25)23-10-19(20,21)22/h3-9H,2,10H2,1H3,(H,23,25). The first-order chi connectivity index (χ1) is 13.2. The predicted molar refractivity (Wildman–Crippen MR) is 93.6 cm³/mol. The molecule has 28 heavy (non-hydrogen) atoms. The van der Waals surface area contributed by atoms with E-state index in [0.29, 0.717) is 18.0 Å². The number of carbonyl (C=O) groups excluding carboxylic acids is 3. The summed E-state index contributed by atoms with van der Waals surface area (Å²) in [5.74, 6) is -1.65. The van der Waals surface area contributed by atoms with Gasteiger partial charge in [-0.3, -0.25) is 14.4 Å². The van der Waals surface area contributed by atoms with E-state index in [1.165, 1.54) is 12.1 Å². The van der Waals surface area contributed by atoms with Gasteiger partial charge in [-0.2, -0.15) is 13.2 Å². The Morgan fingerprint density at radius 3 is 2.29 bits per heavy atom. The Morgan fingerprint density at radius 2 is 1.68 bits per heavy atom. The van der Waals surface area contributed by atoms with Gasteiger partial charge in [-0.25, -0.2) is 4.90 Å². The zero-order valence-electron chi connectivity index (χ0n) is 14.7. The third kappa shape index (κ3) is 3.83. The number of benzene rings is 2. The lowest BCUT2D eigenvalue weighted by molar-refractivity contribution is -0.123. The van der Waals surface area contributed by atoms with E-state index in [0.717, 1.165) is 11.0 Å². The van der Waals surface area contributed by atoms with Crippen LogP contribution in [0, 0.1) is 0 Å². The Hall–Kier alpha value is -3.36. The summed E-state index contributed by atoms with van der Waals surface area (Å²) >= 11 is 0. The van der Waals surface area contributed by atoms with Crippen LogP contribution in [0.2, 0.25) is 0 Å². The largest absolute Gasteiger partial charge is 0.494 e. The lowest BCUT2D eigenvalue weighted by atomic mass is 10.1. The number of nitrogens with one attached hydrogen (secondary N) is 1. The van der Waals surface area contributed by atoms with Gasteiger partial charge < -0.3 is 10.1 Å². The van der Waals surface area contributed by atoms with Crippen LogP contribution in [0.25, 0.3) is 0 Å². The molecule has 3 amide bonds. The molecule has 0 radical (unpaired) electrons. The number of halogens is 3. The lowest BCUT2D eigenvalue weighted by Gasteiger charge is -2.14. The van der Waals surface area contributed by atoms with Crippen LogP contribution in [-0.4, -0.2) is 37.0 Å². The number of alkyl halides is 3. The second-order valence-corrected chi connectivity index (χ2v) is 5.93. The SMILES string of the molecule is CCOc1ccc(N2C(=O)c3ccc(C(=O)NCC(F)(F)F)cc3C2=O)cc1. The molecule has 0 saturated heterocycles. The molecule has 6 nitrogen and oxygen atoms in total. The highest BCUT2D eigenvalue weighted by molar-refractivity contribution is 6.34. The maximum atomic E-state index is 12.7. The molecule has 1 heterocycles. The average Bonchev–Trinajstić information content (AvgIpc) is 2.90. The first kappa shape index (κ1) is 19.4. The summed E-state index contributed by atoms with van der Waals surface area (Å²) in [7, 11) is 0. The molecule has 146 valence electrons. The van der Waals surface area contributed by atoms with E-state index >= 15 is 0 Å². The van der Waals surface area contributed by atoms with Crippen molar-refractivity contribution in [2.45, 2.75) is 13.1 Å². The van der Waals surface area contributed by atoms with Gasteiger partial charge in [0.05, 0.1) is 23.4 Å². The third-order valence-corrected chi connectivity index (χ3v) is 4.00. The van der Waals surface area contributed by atoms with Crippen molar-refractivity contribution in [1.82, 2.24) is 5.32 Å². The van der Waals surface area contributed by atoms with E-state index in [9.17, 15) is 27.6 Å². The Morgan fingerprint density at radius 1 is 1.04 bits per heavy atom. The Bertz CT molecular complexity index is 939. The van der Waals surface area contributed by atoms with Gasteiger partial charge in [-0.05, 0) is 49.4 Å². The van der Waals surface area contributed by atoms with Crippen molar-refractivity contribution in [3.63, 3.8) is 0 Å². The van der Waals surface area contributed by atoms with Crippen LogP contribution in [0.15, 0.2) is 42.5 Å². The van der Waals surface area contributed by atoms with Crippen molar-refractivity contribution in [2.75, 3.05) is 18.1 Å². The normalized spacial score (nSPS) is 13.5. The summed E-state index contributed by atoms with van der Waals surface area (Å²) in [5.41, 5.74) is 0.209. The second-order valence-electron chi connectivity index (χ2n) is 5.93. The topological polar surface area (TPSA) is 75.7 Å². The molecular weight excluding hydrogens is 377 g/mol. The highest BCUT2D eigenvalue weighted by Gasteiger charge is 2.37. The number of nitrogens with zero attached hydrogens (tertiary/aromatic N) is 1. The summed E-state index contributed by atoms with van der Waals surface area (Å²) in [6.45, 7) is 0.792. The van der Waals surface area contributed by atoms with Gasteiger partial charge >= 0.3 is 6.18 Å². The molecule has 0 fully saturated rings. The van der Waals surface area contributed by atoms with Crippen molar-refractivity contribution < 1.29 is 32.3 Å². The minimum Gasteiger partial charge on any atom is -0.494 e. The predicted octanol–water partition coefficient (Wildman–Crippen LogP) is 3.18. The van der Waals surface area contributed by atoms with Crippen LogP contribution >= 0.6 is 0 Å². The van der Waals surface area contributed by atoms with E-state index in [2.05, 4.69) is 0 Å². The first-order valence-corrected chi connectivity index (χ1v) is 8.32. The van der Waals surface area contributed by atoms with Crippen molar-refractivity contribution in [2.24, 2.45) is 0 Å². The van der Waals surface area contributed by atoms with Crippen LogP contribution < -0.4 is 15.0 Å². The fourth-order valence-corrected chi connectivity index (χ4v) is 2.76. The molecule has 1 N–H and O–H groups in total. The van der Waals surface area contributed by atoms with Gasteiger partial charge in [-0.15, -0.1) is 0 Å². The van der Waals surface area contributed by atoms with Crippen molar-refractivity contribution in [3.8, 4) is 5.75 Å². The van der Waals surface area contributed by atoms with Crippen molar-refractivity contribution >= 4 is 23.4 Å². The Balaban J connectivity index is 1.84. The number of hydrogen-bond donors (Lipinski definition) is 1. The van der Waals surface area contributed by atoms with E-state index in [1.54, 1.807) is 29.6 Å². The molecule has 3 rings (SSSR count). The minimum atomic E-state index is -4.55. The monoisotopic (exact) mass is 392 g/mol. The number of hydrogen-bond acceptors (Lipinski definition) is 4. The van der Waals surface area contributed by atoms with E-state index < -0.39 is 30.4 Å². The molecule has 0 aliphatic carbocycles. The zero-order chi connectivity index (χ0) is 20.5. The van der Waals surface area contributed by atoms with Crippen molar-refractivity contribution in [1.29, 1.82) is 0 Å².